The summed E-state index contributed by atoms with van der Waals surface area (Å²) in [5.74, 6) is 6.11. The van der Waals surface area contributed by atoms with E-state index in [0.29, 0.717) is 11.1 Å². The van der Waals surface area contributed by atoms with Gasteiger partial charge in [0.2, 0.25) is 10.0 Å². The highest BCUT2D eigenvalue weighted by Gasteiger charge is 2.38. The van der Waals surface area contributed by atoms with E-state index in [1.54, 1.807) is 43.1 Å². The van der Waals surface area contributed by atoms with E-state index in [0.717, 1.165) is 0 Å². The minimum atomic E-state index is -3.93. The highest BCUT2D eigenvalue weighted by Crippen LogP contribution is 2.34. The highest BCUT2D eigenvalue weighted by atomic mass is 32.2. The second-order valence-corrected chi connectivity index (χ2v) is 11.2. The number of aliphatic hydroxyl groups is 1. The Hall–Kier alpha value is -2.86. The molecule has 1 amide bonds. The van der Waals surface area contributed by atoms with E-state index in [9.17, 15) is 18.3 Å². The molecule has 0 saturated heterocycles. The fourth-order valence-electron chi connectivity index (χ4n) is 3.90. The maximum absolute atomic E-state index is 13.6. The Bertz CT molecular complexity index is 1200. The molecule has 188 valence electrons. The Balaban J connectivity index is 2.02. The van der Waals surface area contributed by atoms with E-state index in [2.05, 4.69) is 11.8 Å². The molecular formula is C27H34N2O5S. The minimum absolute atomic E-state index is 0.0295. The van der Waals surface area contributed by atoms with Gasteiger partial charge in [-0.15, -0.1) is 0 Å². The molecule has 1 aliphatic heterocycles. The SMILES string of the molecule is CC(C)C#Cc1ccc2c(c1)O[C@@H](CN(C)C(=O)c1ccccc1)[C@H](C)CN([C@H](C)CO)S2(=O)=O. The number of hydrogen-bond acceptors (Lipinski definition) is 5. The number of fused-ring (bicyclic) bond motifs is 1. The van der Waals surface area contributed by atoms with Crippen LogP contribution in [0.2, 0.25) is 0 Å². The van der Waals surface area contributed by atoms with Crippen LogP contribution in [0.5, 0.6) is 5.75 Å². The Morgan fingerprint density at radius 3 is 2.51 bits per heavy atom. The molecule has 0 radical (unpaired) electrons. The summed E-state index contributed by atoms with van der Waals surface area (Å²) in [7, 11) is -2.22. The summed E-state index contributed by atoms with van der Waals surface area (Å²) in [6, 6.07) is 13.2. The maximum atomic E-state index is 13.6. The van der Waals surface area contributed by atoms with Crippen LogP contribution in [0.15, 0.2) is 53.4 Å². The molecule has 0 saturated carbocycles. The number of benzene rings is 2. The monoisotopic (exact) mass is 498 g/mol. The van der Waals surface area contributed by atoms with Gasteiger partial charge in [-0.25, -0.2) is 8.42 Å². The molecule has 1 heterocycles. The predicted molar refractivity (Wildman–Crippen MR) is 136 cm³/mol. The van der Waals surface area contributed by atoms with E-state index < -0.39 is 22.2 Å². The van der Waals surface area contributed by atoms with Gasteiger partial charge < -0.3 is 14.7 Å². The first-order valence-corrected chi connectivity index (χ1v) is 13.2. The van der Waals surface area contributed by atoms with Gasteiger partial charge in [0.1, 0.15) is 16.7 Å². The van der Waals surface area contributed by atoms with Crippen LogP contribution >= 0.6 is 0 Å². The van der Waals surface area contributed by atoms with Gasteiger partial charge in [-0.05, 0) is 37.3 Å². The van der Waals surface area contributed by atoms with Gasteiger partial charge in [0.15, 0.2) is 0 Å². The molecule has 3 atom stereocenters. The molecule has 35 heavy (non-hydrogen) atoms. The van der Waals surface area contributed by atoms with Gasteiger partial charge in [-0.1, -0.05) is 50.8 Å². The largest absolute Gasteiger partial charge is 0.487 e. The number of hydrogen-bond donors (Lipinski definition) is 1. The summed E-state index contributed by atoms with van der Waals surface area (Å²) in [6.45, 7) is 7.63. The molecule has 0 fully saturated rings. The molecule has 2 aromatic rings. The lowest BCUT2D eigenvalue weighted by Gasteiger charge is -2.37. The maximum Gasteiger partial charge on any atom is 0.253 e. The first kappa shape index (κ1) is 26.7. The molecule has 0 aliphatic carbocycles. The number of rotatable bonds is 5. The number of carbonyl (C=O) groups is 1. The van der Waals surface area contributed by atoms with Gasteiger partial charge in [-0.2, -0.15) is 4.31 Å². The molecule has 1 N–H and O–H groups in total. The fraction of sp³-hybridized carbons (Fsp3) is 0.444. The van der Waals surface area contributed by atoms with Crippen molar-refractivity contribution in [3.05, 3.63) is 59.7 Å². The van der Waals surface area contributed by atoms with E-state index in [4.69, 9.17) is 4.74 Å². The molecule has 0 bridgehead atoms. The van der Waals surface area contributed by atoms with Gasteiger partial charge in [0, 0.05) is 42.6 Å². The van der Waals surface area contributed by atoms with Crippen molar-refractivity contribution in [2.75, 3.05) is 26.7 Å². The summed E-state index contributed by atoms with van der Waals surface area (Å²) in [4.78, 5) is 14.6. The van der Waals surface area contributed by atoms with E-state index >= 15 is 0 Å². The topological polar surface area (TPSA) is 87.2 Å². The van der Waals surface area contributed by atoms with Gasteiger partial charge in [0.25, 0.3) is 5.91 Å². The van der Waals surface area contributed by atoms with Crippen molar-refractivity contribution in [3.8, 4) is 17.6 Å². The van der Waals surface area contributed by atoms with E-state index in [-0.39, 0.29) is 48.1 Å². The van der Waals surface area contributed by atoms with Crippen LogP contribution in [0.4, 0.5) is 0 Å². The lowest BCUT2D eigenvalue weighted by atomic mass is 10.0. The van der Waals surface area contributed by atoms with Gasteiger partial charge in [0.05, 0.1) is 13.2 Å². The van der Waals surface area contributed by atoms with Crippen molar-refractivity contribution < 1.29 is 23.1 Å². The van der Waals surface area contributed by atoms with Crippen molar-refractivity contribution in [1.82, 2.24) is 9.21 Å². The zero-order chi connectivity index (χ0) is 25.8. The van der Waals surface area contributed by atoms with Crippen LogP contribution < -0.4 is 4.74 Å². The zero-order valence-corrected chi connectivity index (χ0v) is 21.7. The van der Waals surface area contributed by atoms with Crippen molar-refractivity contribution in [2.24, 2.45) is 11.8 Å². The van der Waals surface area contributed by atoms with Crippen molar-refractivity contribution in [1.29, 1.82) is 0 Å². The van der Waals surface area contributed by atoms with E-state index in [1.165, 1.54) is 10.4 Å². The summed E-state index contributed by atoms with van der Waals surface area (Å²) >= 11 is 0. The number of likely N-dealkylation sites (N-methyl/N-ethyl adjacent to an activating group) is 1. The van der Waals surface area contributed by atoms with Crippen molar-refractivity contribution >= 4 is 15.9 Å². The van der Waals surface area contributed by atoms with Crippen molar-refractivity contribution in [3.63, 3.8) is 0 Å². The average molecular weight is 499 g/mol. The quantitative estimate of drug-likeness (QED) is 0.640. The third-order valence-corrected chi connectivity index (χ3v) is 8.01. The van der Waals surface area contributed by atoms with Crippen LogP contribution in [0, 0.1) is 23.7 Å². The first-order valence-electron chi connectivity index (χ1n) is 11.8. The third kappa shape index (κ3) is 6.23. The number of nitrogens with zero attached hydrogens (tertiary/aromatic N) is 2. The normalized spacial score (nSPS) is 20.4. The summed E-state index contributed by atoms with van der Waals surface area (Å²) in [6.07, 6.45) is -0.483. The standard InChI is InChI=1S/C27H34N2O5S/c1-19(2)11-12-22-13-14-26-24(15-22)34-25(17-28(5)27(31)23-9-7-6-8-10-23)20(3)16-29(21(4)18-30)35(26,32)33/h6-10,13-15,19-21,25,30H,16-18H2,1-5H3/t20-,21-,25+/m1/s1. The number of sulfonamides is 1. The second-order valence-electron chi connectivity index (χ2n) is 9.38. The molecule has 0 spiro atoms. The number of aliphatic hydroxyl groups excluding tert-OH is 1. The Labute approximate surface area is 208 Å². The van der Waals surface area contributed by atoms with Crippen LogP contribution in [0.1, 0.15) is 43.6 Å². The predicted octanol–water partition coefficient (Wildman–Crippen LogP) is 3.23. The van der Waals surface area contributed by atoms with E-state index in [1.807, 2.05) is 39.0 Å². The fourth-order valence-corrected chi connectivity index (χ4v) is 5.73. The van der Waals surface area contributed by atoms with Crippen LogP contribution in [-0.2, 0) is 10.0 Å². The smallest absolute Gasteiger partial charge is 0.253 e. The van der Waals surface area contributed by atoms with Crippen molar-refractivity contribution in [2.45, 2.75) is 44.7 Å². The zero-order valence-electron chi connectivity index (χ0n) is 20.9. The molecule has 0 unspecified atom stereocenters. The van der Waals surface area contributed by atoms with Crippen LogP contribution in [-0.4, -0.2) is 67.5 Å². The summed E-state index contributed by atoms with van der Waals surface area (Å²) in [5.41, 5.74) is 1.22. The molecule has 8 heteroatoms. The Morgan fingerprint density at radius 1 is 1.20 bits per heavy atom. The average Bonchev–Trinajstić information content (AvgIpc) is 2.84. The molecule has 0 aromatic heterocycles. The number of amides is 1. The minimum Gasteiger partial charge on any atom is -0.487 e. The van der Waals surface area contributed by atoms with Crippen LogP contribution in [0.3, 0.4) is 0 Å². The lowest BCUT2D eigenvalue weighted by molar-refractivity contribution is 0.0563. The number of ether oxygens (including phenoxy) is 1. The molecule has 3 rings (SSSR count). The lowest BCUT2D eigenvalue weighted by Crippen LogP contribution is -2.50. The highest BCUT2D eigenvalue weighted by molar-refractivity contribution is 7.89. The molecular weight excluding hydrogens is 464 g/mol. The number of carbonyl (C=O) groups excluding carboxylic acids is 1. The molecule has 7 nitrogen and oxygen atoms in total. The Kier molecular flexibility index (Phi) is 8.60. The molecule has 2 aromatic carbocycles. The third-order valence-electron chi connectivity index (χ3n) is 5.99. The summed E-state index contributed by atoms with van der Waals surface area (Å²) < 4.78 is 34.8. The molecule has 1 aliphatic rings. The first-order chi connectivity index (χ1) is 16.5. The summed E-state index contributed by atoms with van der Waals surface area (Å²) in [5, 5.41) is 9.78. The second kappa shape index (κ2) is 11.3. The van der Waals surface area contributed by atoms with Gasteiger partial charge in [-0.3, -0.25) is 4.79 Å². The Morgan fingerprint density at radius 2 is 1.89 bits per heavy atom. The van der Waals surface area contributed by atoms with Crippen LogP contribution in [0.25, 0.3) is 0 Å². The van der Waals surface area contributed by atoms with Gasteiger partial charge >= 0.3 is 0 Å².